The Kier molecular flexibility index (Phi) is 20.5. The second kappa shape index (κ2) is 25.0. The van der Waals surface area contributed by atoms with Crippen molar-refractivity contribution in [2.45, 2.75) is 96.1 Å². The molecule has 3 aromatic rings. The number of primary amides is 2. The monoisotopic (exact) mass is 998 g/mol. The van der Waals surface area contributed by atoms with E-state index in [-0.39, 0.29) is 43.3 Å². The van der Waals surface area contributed by atoms with Crippen molar-refractivity contribution in [1.29, 1.82) is 0 Å². The van der Waals surface area contributed by atoms with Crippen LogP contribution in [0.3, 0.4) is 0 Å². The smallest absolute Gasteiger partial charge is 0.243 e. The maximum atomic E-state index is 14.2. The fraction of sp³-hybridized carbons (Fsp3) is 0.409. The molecule has 3 rings (SSSR count). The van der Waals surface area contributed by atoms with E-state index in [0.29, 0.717) is 31.2 Å². The van der Waals surface area contributed by atoms with Gasteiger partial charge in [-0.05, 0) is 54.0 Å². The number of aliphatic hydroxyl groups is 1. The van der Waals surface area contributed by atoms with Crippen molar-refractivity contribution < 1.29 is 43.5 Å². The number of nitrogens with one attached hydrogen (secondary N) is 5. The fourth-order valence-corrected chi connectivity index (χ4v) is 7.19. The summed E-state index contributed by atoms with van der Waals surface area (Å²) in [7, 11) is 0. The van der Waals surface area contributed by atoms with Gasteiger partial charge in [0.1, 0.15) is 36.3 Å². The molecule has 3 aromatic carbocycles. The first-order chi connectivity index (χ1) is 29.7. The topological polar surface area (TPSA) is 295 Å². The van der Waals surface area contributed by atoms with Crippen LogP contribution >= 0.6 is 31.9 Å². The Hall–Kier alpha value is -5.50. The predicted octanol–water partition coefficient (Wildman–Crippen LogP) is 1.42. The second-order valence-electron chi connectivity index (χ2n) is 16.0. The number of rotatable bonds is 24. The van der Waals surface area contributed by atoms with E-state index in [1.807, 2.05) is 27.7 Å². The van der Waals surface area contributed by atoms with Gasteiger partial charge in [0.15, 0.2) is 5.78 Å². The summed E-state index contributed by atoms with van der Waals surface area (Å²) in [4.78, 5) is 106. The predicted molar refractivity (Wildman–Crippen MR) is 242 cm³/mol. The number of benzene rings is 3. The summed E-state index contributed by atoms with van der Waals surface area (Å²) >= 11 is 6.78. The van der Waals surface area contributed by atoms with Crippen molar-refractivity contribution in [3.8, 4) is 0 Å². The number of ketones is 1. The molecular formula is C44H56Br2N8O9. The van der Waals surface area contributed by atoms with Crippen LogP contribution in [0.25, 0.3) is 0 Å². The molecule has 0 unspecified atom stereocenters. The summed E-state index contributed by atoms with van der Waals surface area (Å²) < 4.78 is 1.28. The lowest BCUT2D eigenvalue weighted by atomic mass is 9.97. The number of hydrogen-bond acceptors (Lipinski definition) is 10. The molecule has 7 amide bonds. The van der Waals surface area contributed by atoms with Gasteiger partial charge in [0, 0.05) is 32.9 Å². The Balaban J connectivity index is 1.92. The van der Waals surface area contributed by atoms with E-state index >= 15 is 0 Å². The summed E-state index contributed by atoms with van der Waals surface area (Å²) in [5, 5.41) is 22.5. The van der Waals surface area contributed by atoms with Crippen molar-refractivity contribution in [3.05, 3.63) is 104 Å². The van der Waals surface area contributed by atoms with E-state index in [1.165, 1.54) is 0 Å². The summed E-state index contributed by atoms with van der Waals surface area (Å²) in [5.74, 6) is -6.42. The number of halogens is 2. The minimum absolute atomic E-state index is 0.0340. The SMILES string of the molecule is CC(C)C[C@H](NC(=O)[C@H](CC(C)C)NC(=O)[C@H](Cc1ccccc1)NC(=O)[C@@H](N)CO)C(=O)N[C@@H](Cc1ccc(C(=O)c2cc(Br)ccc2Br)cc1)C(=O)N[C@@H](CC(N)=O)C(N)=O. The third kappa shape index (κ3) is 17.0. The molecule has 0 aliphatic carbocycles. The lowest BCUT2D eigenvalue weighted by molar-refractivity contribution is -0.135. The Morgan fingerprint density at radius 3 is 1.49 bits per heavy atom. The minimum Gasteiger partial charge on any atom is -0.394 e. The molecular weight excluding hydrogens is 944 g/mol. The number of carbonyl (C=O) groups is 8. The quantitative estimate of drug-likeness (QED) is 0.0582. The molecule has 0 spiro atoms. The van der Waals surface area contributed by atoms with Gasteiger partial charge >= 0.3 is 0 Å². The number of carbonyl (C=O) groups excluding carboxylic acids is 8. The zero-order valence-corrected chi connectivity index (χ0v) is 38.7. The van der Waals surface area contributed by atoms with Gasteiger partial charge in [0.05, 0.1) is 13.0 Å². The molecule has 12 N–H and O–H groups in total. The van der Waals surface area contributed by atoms with Crippen LogP contribution < -0.4 is 43.8 Å². The van der Waals surface area contributed by atoms with E-state index in [1.54, 1.807) is 72.8 Å². The number of amides is 7. The highest BCUT2D eigenvalue weighted by atomic mass is 79.9. The van der Waals surface area contributed by atoms with Crippen molar-refractivity contribution in [3.63, 3.8) is 0 Å². The Morgan fingerprint density at radius 1 is 0.587 bits per heavy atom. The highest BCUT2D eigenvalue weighted by Gasteiger charge is 2.34. The Bertz CT molecular complexity index is 2100. The van der Waals surface area contributed by atoms with Crippen LogP contribution in [0.1, 0.15) is 74.0 Å². The molecule has 0 aromatic heterocycles. The number of nitrogens with two attached hydrogens (primary N) is 3. The van der Waals surface area contributed by atoms with Crippen LogP contribution in [0.5, 0.6) is 0 Å². The van der Waals surface area contributed by atoms with Crippen LogP contribution in [0.15, 0.2) is 81.7 Å². The van der Waals surface area contributed by atoms with E-state index in [9.17, 15) is 43.5 Å². The first kappa shape index (κ1) is 51.8. The van der Waals surface area contributed by atoms with E-state index in [4.69, 9.17) is 17.2 Å². The first-order valence-corrected chi connectivity index (χ1v) is 21.9. The van der Waals surface area contributed by atoms with Gasteiger partial charge < -0.3 is 48.9 Å². The van der Waals surface area contributed by atoms with Gasteiger partial charge in [-0.1, -0.05) is 114 Å². The van der Waals surface area contributed by atoms with Crippen molar-refractivity contribution in [1.82, 2.24) is 26.6 Å². The molecule has 0 fully saturated rings. The van der Waals surface area contributed by atoms with E-state index in [0.717, 1.165) is 0 Å². The minimum atomic E-state index is -1.50. The van der Waals surface area contributed by atoms with Crippen LogP contribution in [0.2, 0.25) is 0 Å². The summed E-state index contributed by atoms with van der Waals surface area (Å²) in [6, 6.07) is 12.5. The third-order valence-corrected chi connectivity index (χ3v) is 10.8. The van der Waals surface area contributed by atoms with Crippen LogP contribution in [0.4, 0.5) is 0 Å². The van der Waals surface area contributed by atoms with Gasteiger partial charge in [0.2, 0.25) is 41.4 Å². The molecule has 19 heteroatoms. The number of aliphatic hydroxyl groups excluding tert-OH is 1. The molecule has 0 aliphatic rings. The molecule has 0 radical (unpaired) electrons. The highest BCUT2D eigenvalue weighted by molar-refractivity contribution is 9.11. The molecule has 0 saturated carbocycles. The third-order valence-electron chi connectivity index (χ3n) is 9.66. The first-order valence-electron chi connectivity index (χ1n) is 20.3. The number of hydrogen-bond donors (Lipinski definition) is 9. The molecule has 6 atom stereocenters. The van der Waals surface area contributed by atoms with Crippen molar-refractivity contribution in [2.75, 3.05) is 6.61 Å². The largest absolute Gasteiger partial charge is 0.394 e. The lowest BCUT2D eigenvalue weighted by Crippen LogP contribution is -2.60. The standard InChI is InChI=1S/C44H56Br2N8O9/c1-23(2)16-33(53-44(63)35(51-40(59)31(47)22-55)18-25-8-6-5-7-9-25)41(60)52-34(17-24(3)4)42(61)54-36(43(62)50-32(39(49)58)21-37(48)56)19-26-10-12-27(13-11-26)38(57)29-20-28(45)14-15-30(29)46/h5-15,20,23-24,31-36,55H,16-19,21-22,47H2,1-4H3,(H2,48,56)(H2,49,58)(H,50,62)(H,51,59)(H,52,60)(H,53,63)(H,54,61)/t31-,32-,33-,34-,35-,36-/m0/s1. The van der Waals surface area contributed by atoms with Crippen LogP contribution in [-0.4, -0.2) is 95.1 Å². The zero-order chi connectivity index (χ0) is 47.0. The van der Waals surface area contributed by atoms with Gasteiger partial charge in [-0.3, -0.25) is 38.4 Å². The summed E-state index contributed by atoms with van der Waals surface area (Å²) in [6.45, 7) is 6.63. The molecule has 0 heterocycles. The molecule has 0 saturated heterocycles. The Morgan fingerprint density at radius 2 is 1.03 bits per heavy atom. The zero-order valence-electron chi connectivity index (χ0n) is 35.5. The van der Waals surface area contributed by atoms with Crippen molar-refractivity contribution in [2.24, 2.45) is 29.0 Å². The van der Waals surface area contributed by atoms with E-state index in [2.05, 4.69) is 58.4 Å². The normalized spacial score (nSPS) is 14.0. The van der Waals surface area contributed by atoms with Gasteiger partial charge in [-0.2, -0.15) is 0 Å². The van der Waals surface area contributed by atoms with Crippen LogP contribution in [-0.2, 0) is 46.4 Å². The Labute approximate surface area is 383 Å². The maximum Gasteiger partial charge on any atom is 0.243 e. The van der Waals surface area contributed by atoms with Gasteiger partial charge in [-0.25, -0.2) is 0 Å². The fourth-order valence-electron chi connectivity index (χ4n) is 6.40. The van der Waals surface area contributed by atoms with E-state index < -0.39 is 90.6 Å². The van der Waals surface area contributed by atoms with Gasteiger partial charge in [-0.15, -0.1) is 0 Å². The highest BCUT2D eigenvalue weighted by Crippen LogP contribution is 2.24. The molecule has 17 nitrogen and oxygen atoms in total. The molecule has 63 heavy (non-hydrogen) atoms. The summed E-state index contributed by atoms with van der Waals surface area (Å²) in [5.41, 5.74) is 18.4. The average molecular weight is 1000 g/mol. The molecule has 0 bridgehead atoms. The summed E-state index contributed by atoms with van der Waals surface area (Å²) in [6.07, 6.45) is -0.522. The average Bonchev–Trinajstić information content (AvgIpc) is 3.22. The second-order valence-corrected chi connectivity index (χ2v) is 17.7. The lowest BCUT2D eigenvalue weighted by Gasteiger charge is -2.28. The molecule has 340 valence electrons. The maximum absolute atomic E-state index is 14.2. The molecule has 0 aliphatic heterocycles. The van der Waals surface area contributed by atoms with Gasteiger partial charge in [0.25, 0.3) is 0 Å². The van der Waals surface area contributed by atoms with Crippen LogP contribution in [0, 0.1) is 11.8 Å². The van der Waals surface area contributed by atoms with Crippen molar-refractivity contribution >= 4 is 79.0 Å².